The highest BCUT2D eigenvalue weighted by atomic mass is 35.5. The Morgan fingerprint density at radius 2 is 2.46 bits per heavy atom. The lowest BCUT2D eigenvalue weighted by Crippen LogP contribution is -2.04. The molecule has 1 aromatic rings. The molecule has 72 valence electrons. The molecule has 1 heterocycles. The van der Waals surface area contributed by atoms with Crippen molar-refractivity contribution >= 4 is 11.6 Å². The normalized spacial score (nSPS) is 12.6. The number of hydrogen-bond donors (Lipinski definition) is 1. The summed E-state index contributed by atoms with van der Waals surface area (Å²) in [4.78, 5) is 3.79. The number of nitrogens with zero attached hydrogens (tertiary/aromatic N) is 1. The summed E-state index contributed by atoms with van der Waals surface area (Å²) >= 11 is 5.74. The van der Waals surface area contributed by atoms with Gasteiger partial charge in [-0.3, -0.25) is 0 Å². The summed E-state index contributed by atoms with van der Waals surface area (Å²) in [7, 11) is 1.38. The highest BCUT2D eigenvalue weighted by Gasteiger charge is 2.17. The maximum atomic E-state index is 12.2. The molecule has 1 unspecified atom stereocenters. The molecule has 1 rings (SSSR count). The molecule has 1 atom stereocenters. The van der Waals surface area contributed by atoms with Crippen molar-refractivity contribution in [1.29, 1.82) is 0 Å². The fraction of sp³-hybridized carbons (Fsp3) is 0.375. The molecular weight excluding hydrogens is 197 g/mol. The largest absolute Gasteiger partial charge is 0.481 e. The molecule has 0 saturated carbocycles. The molecule has 0 spiro atoms. The monoisotopic (exact) mass is 205 g/mol. The molecule has 0 radical (unpaired) electrons. The number of aromatic nitrogens is 1. The van der Waals surface area contributed by atoms with Crippen LogP contribution in [0.3, 0.4) is 0 Å². The number of halogens is 2. The van der Waals surface area contributed by atoms with Crippen LogP contribution in [0.4, 0.5) is 4.39 Å². The maximum absolute atomic E-state index is 12.2. The number of ether oxygens (including phenoxy) is 1. The van der Waals surface area contributed by atoms with Crippen molar-refractivity contribution in [1.82, 2.24) is 4.98 Å². The van der Waals surface area contributed by atoms with Crippen molar-refractivity contribution in [3.05, 3.63) is 22.8 Å². The van der Waals surface area contributed by atoms with Gasteiger partial charge < -0.3 is 9.84 Å². The summed E-state index contributed by atoms with van der Waals surface area (Å²) in [5.74, 6) is 0.151. The van der Waals surface area contributed by atoms with Gasteiger partial charge in [-0.1, -0.05) is 11.6 Å². The third-order valence-corrected chi connectivity index (χ3v) is 1.90. The van der Waals surface area contributed by atoms with E-state index in [0.717, 1.165) is 0 Å². The van der Waals surface area contributed by atoms with E-state index in [1.165, 1.54) is 19.4 Å². The van der Waals surface area contributed by atoms with Crippen LogP contribution in [-0.4, -0.2) is 23.9 Å². The second kappa shape index (κ2) is 4.39. The van der Waals surface area contributed by atoms with E-state index in [1.54, 1.807) is 0 Å². The van der Waals surface area contributed by atoms with E-state index < -0.39 is 12.8 Å². The van der Waals surface area contributed by atoms with Gasteiger partial charge in [-0.25, -0.2) is 9.37 Å². The molecule has 1 aromatic heterocycles. The van der Waals surface area contributed by atoms with E-state index in [9.17, 15) is 9.50 Å². The van der Waals surface area contributed by atoms with Gasteiger partial charge in [0, 0.05) is 6.20 Å². The van der Waals surface area contributed by atoms with Crippen molar-refractivity contribution in [2.24, 2.45) is 0 Å². The summed E-state index contributed by atoms with van der Waals surface area (Å²) in [6.07, 6.45) is 0.145. The minimum Gasteiger partial charge on any atom is -0.481 e. The second-order valence-corrected chi connectivity index (χ2v) is 2.79. The van der Waals surface area contributed by atoms with Crippen molar-refractivity contribution in [3.63, 3.8) is 0 Å². The fourth-order valence-electron chi connectivity index (χ4n) is 0.973. The quantitative estimate of drug-likeness (QED) is 0.818. The lowest BCUT2D eigenvalue weighted by Gasteiger charge is -2.11. The SMILES string of the molecule is COc1nccc(Cl)c1C(O)CF. The Labute approximate surface area is 80.1 Å². The predicted molar refractivity (Wildman–Crippen MR) is 46.7 cm³/mol. The molecule has 0 aromatic carbocycles. The number of aliphatic hydroxyl groups is 1. The molecule has 1 N–H and O–H groups in total. The van der Waals surface area contributed by atoms with Crippen LogP contribution in [0.2, 0.25) is 5.02 Å². The number of aliphatic hydroxyl groups excluding tert-OH is 1. The van der Waals surface area contributed by atoms with Crippen molar-refractivity contribution in [2.75, 3.05) is 13.8 Å². The third-order valence-electron chi connectivity index (χ3n) is 1.57. The van der Waals surface area contributed by atoms with E-state index in [1.807, 2.05) is 0 Å². The van der Waals surface area contributed by atoms with Gasteiger partial charge in [0.25, 0.3) is 0 Å². The zero-order chi connectivity index (χ0) is 9.84. The Morgan fingerprint density at radius 3 is 3.00 bits per heavy atom. The Hall–Kier alpha value is -0.870. The highest BCUT2D eigenvalue weighted by Crippen LogP contribution is 2.30. The summed E-state index contributed by atoms with van der Waals surface area (Å²) in [6, 6.07) is 1.47. The van der Waals surface area contributed by atoms with Gasteiger partial charge in [-0.05, 0) is 6.07 Å². The maximum Gasteiger partial charge on any atom is 0.220 e. The van der Waals surface area contributed by atoms with Crippen molar-refractivity contribution in [3.8, 4) is 5.88 Å². The van der Waals surface area contributed by atoms with Gasteiger partial charge in [0.05, 0.1) is 17.7 Å². The molecular formula is C8H9ClFNO2. The van der Waals surface area contributed by atoms with Gasteiger partial charge in [0.2, 0.25) is 5.88 Å². The summed E-state index contributed by atoms with van der Waals surface area (Å²) in [6.45, 7) is -0.915. The summed E-state index contributed by atoms with van der Waals surface area (Å²) in [5.41, 5.74) is 0.189. The van der Waals surface area contributed by atoms with Crippen LogP contribution in [-0.2, 0) is 0 Å². The molecule has 0 fully saturated rings. The topological polar surface area (TPSA) is 42.4 Å². The minimum atomic E-state index is -1.28. The van der Waals surface area contributed by atoms with E-state index >= 15 is 0 Å². The molecule has 0 saturated heterocycles. The molecule has 0 aliphatic carbocycles. The van der Waals surface area contributed by atoms with Crippen LogP contribution >= 0.6 is 11.6 Å². The van der Waals surface area contributed by atoms with Crippen molar-refractivity contribution < 1.29 is 14.2 Å². The van der Waals surface area contributed by atoms with Crippen LogP contribution in [0.1, 0.15) is 11.7 Å². The first-order valence-corrected chi connectivity index (χ1v) is 4.01. The molecule has 13 heavy (non-hydrogen) atoms. The number of methoxy groups -OCH3 is 1. The average molecular weight is 206 g/mol. The number of alkyl halides is 1. The number of pyridine rings is 1. The zero-order valence-electron chi connectivity index (χ0n) is 7.00. The van der Waals surface area contributed by atoms with Crippen LogP contribution < -0.4 is 4.74 Å². The Kier molecular flexibility index (Phi) is 3.45. The second-order valence-electron chi connectivity index (χ2n) is 2.39. The zero-order valence-corrected chi connectivity index (χ0v) is 7.75. The van der Waals surface area contributed by atoms with Crippen LogP contribution in [0.15, 0.2) is 12.3 Å². The predicted octanol–water partition coefficient (Wildman–Crippen LogP) is 1.75. The third kappa shape index (κ3) is 2.08. The standard InChI is InChI=1S/C8H9ClFNO2/c1-13-8-7(6(12)4-10)5(9)2-3-11-8/h2-3,6,12H,4H2,1H3. The van der Waals surface area contributed by atoms with E-state index in [2.05, 4.69) is 4.98 Å². The number of rotatable bonds is 3. The van der Waals surface area contributed by atoms with Crippen LogP contribution in [0, 0.1) is 0 Å². The lowest BCUT2D eigenvalue weighted by molar-refractivity contribution is 0.137. The highest BCUT2D eigenvalue weighted by molar-refractivity contribution is 6.31. The molecule has 0 amide bonds. The van der Waals surface area contributed by atoms with Gasteiger partial charge >= 0.3 is 0 Å². The Bertz CT molecular complexity index is 295. The lowest BCUT2D eigenvalue weighted by atomic mass is 10.1. The smallest absolute Gasteiger partial charge is 0.220 e. The first kappa shape index (κ1) is 10.2. The molecule has 5 heteroatoms. The summed E-state index contributed by atoms with van der Waals surface area (Å²) < 4.78 is 17.0. The summed E-state index contributed by atoms with van der Waals surface area (Å²) in [5, 5.41) is 9.49. The first-order valence-electron chi connectivity index (χ1n) is 3.63. The van der Waals surface area contributed by atoms with Gasteiger partial charge in [0.15, 0.2) is 0 Å². The Morgan fingerprint density at radius 1 is 1.77 bits per heavy atom. The number of hydrogen-bond acceptors (Lipinski definition) is 3. The van der Waals surface area contributed by atoms with Crippen LogP contribution in [0.5, 0.6) is 5.88 Å². The molecule has 0 aliphatic rings. The fourth-order valence-corrected chi connectivity index (χ4v) is 1.24. The van der Waals surface area contributed by atoms with E-state index in [4.69, 9.17) is 16.3 Å². The minimum absolute atomic E-state index is 0.151. The van der Waals surface area contributed by atoms with Gasteiger partial charge in [0.1, 0.15) is 12.8 Å². The van der Waals surface area contributed by atoms with E-state index in [0.29, 0.717) is 0 Å². The van der Waals surface area contributed by atoms with Crippen molar-refractivity contribution in [2.45, 2.75) is 6.10 Å². The molecule has 3 nitrogen and oxygen atoms in total. The molecule has 0 bridgehead atoms. The van der Waals surface area contributed by atoms with Gasteiger partial charge in [-0.2, -0.15) is 0 Å². The first-order chi connectivity index (χ1) is 6.20. The van der Waals surface area contributed by atoms with E-state index in [-0.39, 0.29) is 16.5 Å². The molecule has 0 aliphatic heterocycles. The van der Waals surface area contributed by atoms with Crippen LogP contribution in [0.25, 0.3) is 0 Å². The average Bonchev–Trinajstić information content (AvgIpc) is 2.16. The Balaban J connectivity index is 3.14. The van der Waals surface area contributed by atoms with Gasteiger partial charge in [-0.15, -0.1) is 0 Å².